The van der Waals surface area contributed by atoms with Crippen LogP contribution in [0.1, 0.15) is 29.8 Å². The second-order valence-corrected chi connectivity index (χ2v) is 4.36. The van der Waals surface area contributed by atoms with Crippen molar-refractivity contribution in [3.63, 3.8) is 0 Å². The fourth-order valence-electron chi connectivity index (χ4n) is 2.00. The fourth-order valence-corrected chi connectivity index (χ4v) is 2.00. The molecule has 0 aliphatic heterocycles. The van der Waals surface area contributed by atoms with Crippen LogP contribution in [0.5, 0.6) is 0 Å². The molecule has 1 aromatic heterocycles. The fraction of sp³-hybridized carbons (Fsp3) is 0.286. The van der Waals surface area contributed by atoms with E-state index in [-0.39, 0.29) is 0 Å². The predicted octanol–water partition coefficient (Wildman–Crippen LogP) is 3.33. The topological polar surface area (TPSA) is 37.8 Å². The zero-order chi connectivity index (χ0) is 15.5. The molecule has 3 nitrogen and oxygen atoms in total. The normalized spacial score (nSPS) is 13.2. The number of hydrogen-bond acceptors (Lipinski definition) is 3. The predicted molar refractivity (Wildman–Crippen MR) is 69.0 cm³/mol. The molecule has 7 heteroatoms. The van der Waals surface area contributed by atoms with E-state index in [1.807, 2.05) is 6.92 Å². The molecule has 1 heterocycles. The van der Waals surface area contributed by atoms with Gasteiger partial charge in [0.2, 0.25) is 0 Å². The first-order valence-electron chi connectivity index (χ1n) is 6.29. The van der Waals surface area contributed by atoms with Crippen LogP contribution in [0.15, 0.2) is 36.8 Å². The maximum Gasteiger partial charge on any atom is 0.419 e. The largest absolute Gasteiger partial charge is 0.419 e. The molecule has 0 spiro atoms. The first-order valence-corrected chi connectivity index (χ1v) is 6.29. The lowest BCUT2D eigenvalue weighted by Crippen LogP contribution is -2.23. The van der Waals surface area contributed by atoms with Crippen molar-refractivity contribution in [3.8, 4) is 0 Å². The summed E-state index contributed by atoms with van der Waals surface area (Å²) in [5, 5.41) is 3.05. The average molecular weight is 299 g/mol. The number of rotatable bonds is 4. The van der Waals surface area contributed by atoms with Gasteiger partial charge in [-0.05, 0) is 24.2 Å². The maximum atomic E-state index is 13.7. The Morgan fingerprint density at radius 1 is 1.24 bits per heavy atom. The Morgan fingerprint density at radius 2 is 2.00 bits per heavy atom. The summed E-state index contributed by atoms with van der Waals surface area (Å²) in [5.41, 5.74) is -0.401. The van der Waals surface area contributed by atoms with Gasteiger partial charge in [0.1, 0.15) is 5.82 Å². The minimum absolute atomic E-state index is 0.364. The highest BCUT2D eigenvalue weighted by Gasteiger charge is 2.34. The molecule has 2 aromatic rings. The van der Waals surface area contributed by atoms with E-state index < -0.39 is 23.6 Å². The second kappa shape index (κ2) is 6.17. The summed E-state index contributed by atoms with van der Waals surface area (Å²) in [6.07, 6.45) is -0.258. The van der Waals surface area contributed by atoms with Crippen molar-refractivity contribution in [1.29, 1.82) is 0 Å². The van der Waals surface area contributed by atoms with Gasteiger partial charge < -0.3 is 5.32 Å². The van der Waals surface area contributed by atoms with Crippen molar-refractivity contribution in [2.24, 2.45) is 0 Å². The van der Waals surface area contributed by atoms with Crippen LogP contribution >= 0.6 is 0 Å². The van der Waals surface area contributed by atoms with Crippen LogP contribution in [0.4, 0.5) is 17.6 Å². The van der Waals surface area contributed by atoms with Gasteiger partial charge in [-0.15, -0.1) is 0 Å². The summed E-state index contributed by atoms with van der Waals surface area (Å²) in [5.74, 6) is -1.30. The highest BCUT2D eigenvalue weighted by Crippen LogP contribution is 2.33. The summed E-state index contributed by atoms with van der Waals surface area (Å²) >= 11 is 0. The Bertz CT molecular complexity index is 599. The van der Waals surface area contributed by atoms with Crippen LogP contribution in [0, 0.1) is 5.82 Å². The van der Waals surface area contributed by atoms with Crippen LogP contribution in [-0.4, -0.2) is 16.5 Å². The standard InChI is InChI=1S/C14H13F4N3/c1-2-20-13(12-8-19-5-6-21-12)9-3-4-10(11(15)7-9)14(16,17)18/h3-8,13,20H,2H2,1H3. The molecule has 0 saturated carbocycles. The quantitative estimate of drug-likeness (QED) is 0.880. The van der Waals surface area contributed by atoms with Crippen molar-refractivity contribution in [1.82, 2.24) is 15.3 Å². The van der Waals surface area contributed by atoms with Crippen LogP contribution in [0.25, 0.3) is 0 Å². The Hall–Kier alpha value is -2.02. The van der Waals surface area contributed by atoms with E-state index in [2.05, 4.69) is 15.3 Å². The number of alkyl halides is 3. The van der Waals surface area contributed by atoms with E-state index in [4.69, 9.17) is 0 Å². The molecule has 0 amide bonds. The van der Waals surface area contributed by atoms with Gasteiger partial charge in [-0.25, -0.2) is 4.39 Å². The lowest BCUT2D eigenvalue weighted by atomic mass is 10.0. The van der Waals surface area contributed by atoms with Gasteiger partial charge >= 0.3 is 6.18 Å². The third-order valence-corrected chi connectivity index (χ3v) is 2.92. The lowest BCUT2D eigenvalue weighted by molar-refractivity contribution is -0.140. The van der Waals surface area contributed by atoms with E-state index >= 15 is 0 Å². The molecule has 1 N–H and O–H groups in total. The first-order chi connectivity index (χ1) is 9.93. The molecule has 0 saturated heterocycles. The Balaban J connectivity index is 2.41. The van der Waals surface area contributed by atoms with Crippen LogP contribution in [0.2, 0.25) is 0 Å². The highest BCUT2D eigenvalue weighted by molar-refractivity contribution is 5.32. The van der Waals surface area contributed by atoms with Crippen molar-refractivity contribution >= 4 is 0 Å². The molecule has 0 aliphatic rings. The van der Waals surface area contributed by atoms with Gasteiger partial charge in [-0.2, -0.15) is 13.2 Å². The molecule has 1 aromatic carbocycles. The molecule has 112 valence electrons. The summed E-state index contributed by atoms with van der Waals surface area (Å²) in [6.45, 7) is 2.38. The van der Waals surface area contributed by atoms with Crippen molar-refractivity contribution in [2.45, 2.75) is 19.1 Å². The number of hydrogen-bond donors (Lipinski definition) is 1. The highest BCUT2D eigenvalue weighted by atomic mass is 19.4. The number of aromatic nitrogens is 2. The van der Waals surface area contributed by atoms with E-state index in [0.717, 1.165) is 12.1 Å². The summed E-state index contributed by atoms with van der Waals surface area (Å²) in [7, 11) is 0. The SMILES string of the molecule is CCNC(c1ccc(C(F)(F)F)c(F)c1)c1cnccn1. The molecule has 1 unspecified atom stereocenters. The second-order valence-electron chi connectivity index (χ2n) is 4.36. The van der Waals surface area contributed by atoms with E-state index in [9.17, 15) is 17.6 Å². The van der Waals surface area contributed by atoms with Crippen molar-refractivity contribution in [3.05, 3.63) is 59.4 Å². The third kappa shape index (κ3) is 3.55. The Morgan fingerprint density at radius 3 is 2.52 bits per heavy atom. The zero-order valence-corrected chi connectivity index (χ0v) is 11.2. The van der Waals surface area contributed by atoms with Crippen LogP contribution in [-0.2, 0) is 6.18 Å². The van der Waals surface area contributed by atoms with E-state index in [0.29, 0.717) is 17.8 Å². The van der Waals surface area contributed by atoms with Gasteiger partial charge in [-0.1, -0.05) is 13.0 Å². The smallest absolute Gasteiger partial charge is 0.305 e. The Labute approximate surface area is 119 Å². The molecule has 0 bridgehead atoms. The average Bonchev–Trinajstić information content (AvgIpc) is 2.44. The van der Waals surface area contributed by atoms with Gasteiger partial charge in [0, 0.05) is 12.4 Å². The minimum Gasteiger partial charge on any atom is -0.305 e. The molecule has 21 heavy (non-hydrogen) atoms. The molecule has 1 atom stereocenters. The van der Waals surface area contributed by atoms with Gasteiger partial charge in [-0.3, -0.25) is 9.97 Å². The molecular formula is C14H13F4N3. The zero-order valence-electron chi connectivity index (χ0n) is 11.2. The molecule has 0 fully saturated rings. The van der Waals surface area contributed by atoms with Gasteiger partial charge in [0.25, 0.3) is 0 Å². The molecule has 0 aliphatic carbocycles. The monoisotopic (exact) mass is 299 g/mol. The number of halogens is 4. The number of nitrogens with zero attached hydrogens (tertiary/aromatic N) is 2. The van der Waals surface area contributed by atoms with Crippen molar-refractivity contribution < 1.29 is 17.6 Å². The number of nitrogens with one attached hydrogen (secondary N) is 1. The summed E-state index contributed by atoms with van der Waals surface area (Å²) in [4.78, 5) is 8.02. The van der Waals surface area contributed by atoms with E-state index in [1.165, 1.54) is 24.7 Å². The van der Waals surface area contributed by atoms with Crippen molar-refractivity contribution in [2.75, 3.05) is 6.54 Å². The van der Waals surface area contributed by atoms with Crippen LogP contribution in [0.3, 0.4) is 0 Å². The molecule has 0 radical (unpaired) electrons. The first kappa shape index (κ1) is 15.4. The van der Waals surface area contributed by atoms with Crippen LogP contribution < -0.4 is 5.32 Å². The third-order valence-electron chi connectivity index (χ3n) is 2.92. The summed E-state index contributed by atoms with van der Waals surface area (Å²) in [6, 6.07) is 2.35. The molecular weight excluding hydrogens is 286 g/mol. The maximum absolute atomic E-state index is 13.7. The molecule has 2 rings (SSSR count). The van der Waals surface area contributed by atoms with Gasteiger partial charge in [0.15, 0.2) is 0 Å². The summed E-state index contributed by atoms with van der Waals surface area (Å²) < 4.78 is 51.4. The van der Waals surface area contributed by atoms with E-state index in [1.54, 1.807) is 0 Å². The van der Waals surface area contributed by atoms with Gasteiger partial charge in [0.05, 0.1) is 23.5 Å². The number of benzene rings is 1. The lowest BCUT2D eigenvalue weighted by Gasteiger charge is -2.18. The minimum atomic E-state index is -4.71. The Kier molecular flexibility index (Phi) is 4.52.